The molecule has 4 heterocycles. The molecular weight excluding hydrogens is 388 g/mol. The largest absolute Gasteiger partial charge is 0.467 e. The van der Waals surface area contributed by atoms with Gasteiger partial charge in [-0.25, -0.2) is 4.79 Å². The second-order valence-corrected chi connectivity index (χ2v) is 9.74. The van der Waals surface area contributed by atoms with Crippen LogP contribution in [0.4, 0.5) is 5.69 Å². The van der Waals surface area contributed by atoms with Crippen LogP contribution < -0.4 is 14.8 Å². The molecule has 1 spiro atoms. The Morgan fingerprint density at radius 2 is 2.20 bits per heavy atom. The van der Waals surface area contributed by atoms with Crippen molar-refractivity contribution in [3.05, 3.63) is 17.7 Å². The number of fused-ring (bicyclic) bond motifs is 3. The molecule has 30 heavy (non-hydrogen) atoms. The van der Waals surface area contributed by atoms with E-state index in [2.05, 4.69) is 10.2 Å². The Morgan fingerprint density at radius 3 is 3.03 bits per heavy atom. The number of carbonyl (C=O) groups excluding carboxylic acids is 2. The van der Waals surface area contributed by atoms with Gasteiger partial charge >= 0.3 is 5.97 Å². The number of ketones is 1. The third-order valence-electron chi connectivity index (χ3n) is 9.08. The van der Waals surface area contributed by atoms with Gasteiger partial charge in [0.2, 0.25) is 6.79 Å². The number of nitrogens with zero attached hydrogens (tertiary/aromatic N) is 1. The van der Waals surface area contributed by atoms with E-state index < -0.39 is 22.5 Å². The highest BCUT2D eigenvalue weighted by Crippen LogP contribution is 2.73. The minimum absolute atomic E-state index is 0.0987. The number of methoxy groups -OCH3 is 1. The number of ether oxygens (including phenoxy) is 3. The second-order valence-electron chi connectivity index (χ2n) is 9.74. The molecule has 8 nitrogen and oxygen atoms in total. The van der Waals surface area contributed by atoms with Crippen molar-refractivity contribution in [1.82, 2.24) is 4.90 Å². The van der Waals surface area contributed by atoms with Crippen molar-refractivity contribution in [3.8, 4) is 11.5 Å². The number of benzene rings is 1. The Morgan fingerprint density at radius 1 is 1.33 bits per heavy atom. The van der Waals surface area contributed by atoms with E-state index in [-0.39, 0.29) is 30.5 Å². The first kappa shape index (κ1) is 17.4. The normalized spacial score (nSPS) is 44.3. The predicted molar refractivity (Wildman–Crippen MR) is 103 cm³/mol. The number of esters is 1. The summed E-state index contributed by atoms with van der Waals surface area (Å²) in [5.74, 6) is 0.721. The lowest BCUT2D eigenvalue weighted by Gasteiger charge is -2.65. The summed E-state index contributed by atoms with van der Waals surface area (Å²) in [6, 6.07) is 3.78. The summed E-state index contributed by atoms with van der Waals surface area (Å²) in [7, 11) is 1.41. The minimum Gasteiger partial charge on any atom is -0.467 e. The quantitative estimate of drug-likeness (QED) is 0.654. The van der Waals surface area contributed by atoms with Crippen LogP contribution in [0, 0.1) is 11.3 Å². The summed E-state index contributed by atoms with van der Waals surface area (Å²) in [5.41, 5.74) is -0.703. The third kappa shape index (κ3) is 1.51. The second kappa shape index (κ2) is 5.11. The van der Waals surface area contributed by atoms with Crippen LogP contribution in [0.25, 0.3) is 0 Å². The maximum absolute atomic E-state index is 13.6. The Hall–Kier alpha value is -2.32. The molecule has 4 bridgehead atoms. The van der Waals surface area contributed by atoms with Gasteiger partial charge in [0, 0.05) is 36.9 Å². The topological polar surface area (TPSA) is 97.3 Å². The fraction of sp³-hybridized carbons (Fsp3) is 0.636. The van der Waals surface area contributed by atoms with Crippen LogP contribution in [0.2, 0.25) is 0 Å². The number of anilines is 1. The summed E-state index contributed by atoms with van der Waals surface area (Å²) in [5, 5.41) is 14.7. The fourth-order valence-corrected chi connectivity index (χ4v) is 8.21. The average molecular weight is 412 g/mol. The highest BCUT2D eigenvalue weighted by atomic mass is 16.7. The number of hydrogen-bond donors (Lipinski definition) is 2. The van der Waals surface area contributed by atoms with Gasteiger partial charge in [-0.15, -0.1) is 0 Å². The van der Waals surface area contributed by atoms with E-state index in [0.717, 1.165) is 17.8 Å². The smallest absolute Gasteiger partial charge is 0.332 e. The summed E-state index contributed by atoms with van der Waals surface area (Å²) < 4.78 is 16.7. The fourth-order valence-electron chi connectivity index (χ4n) is 8.21. The zero-order chi connectivity index (χ0) is 20.5. The third-order valence-corrected chi connectivity index (χ3v) is 9.08. The van der Waals surface area contributed by atoms with Crippen LogP contribution in [0.1, 0.15) is 31.2 Å². The summed E-state index contributed by atoms with van der Waals surface area (Å²) in [6.45, 7) is 1.48. The van der Waals surface area contributed by atoms with Crippen LogP contribution in [0.15, 0.2) is 12.1 Å². The molecule has 2 aliphatic carbocycles. The lowest BCUT2D eigenvalue weighted by atomic mass is 9.41. The molecule has 7 rings (SSSR count). The summed E-state index contributed by atoms with van der Waals surface area (Å²) in [6.07, 6.45) is 1.62. The number of rotatable bonds is 1. The van der Waals surface area contributed by atoms with Gasteiger partial charge in [0.15, 0.2) is 11.5 Å². The zero-order valence-corrected chi connectivity index (χ0v) is 16.8. The highest BCUT2D eigenvalue weighted by Gasteiger charge is 2.83. The van der Waals surface area contributed by atoms with Gasteiger partial charge in [0.25, 0.3) is 0 Å². The molecule has 6 atom stereocenters. The molecular formula is C22H24N2O6. The van der Waals surface area contributed by atoms with Crippen molar-refractivity contribution in [2.24, 2.45) is 11.3 Å². The van der Waals surface area contributed by atoms with Gasteiger partial charge in [0.1, 0.15) is 11.3 Å². The zero-order valence-electron chi connectivity index (χ0n) is 16.8. The predicted octanol–water partition coefficient (Wildman–Crippen LogP) is 0.808. The van der Waals surface area contributed by atoms with Gasteiger partial charge in [0.05, 0.1) is 24.3 Å². The van der Waals surface area contributed by atoms with Crippen molar-refractivity contribution in [1.29, 1.82) is 0 Å². The van der Waals surface area contributed by atoms with Crippen molar-refractivity contribution in [2.45, 2.75) is 48.8 Å². The molecule has 1 unspecified atom stereocenters. The molecule has 2 saturated carbocycles. The number of piperidine rings is 1. The van der Waals surface area contributed by atoms with E-state index in [9.17, 15) is 14.7 Å². The van der Waals surface area contributed by atoms with E-state index in [0.29, 0.717) is 43.7 Å². The molecule has 0 amide bonds. The SMILES string of the molecule is COC(=O)[C@@]12CC[C@@]34CC(=O)C5CN(CC[C@@H]3O)[C@@H]4[C@@]51c1ccc3c(c1N2)OCO3. The van der Waals surface area contributed by atoms with Crippen LogP contribution >= 0.6 is 0 Å². The van der Waals surface area contributed by atoms with Crippen molar-refractivity contribution < 1.29 is 28.9 Å². The Labute approximate surface area is 173 Å². The molecule has 0 radical (unpaired) electrons. The Bertz CT molecular complexity index is 1030. The van der Waals surface area contributed by atoms with Crippen molar-refractivity contribution in [3.63, 3.8) is 0 Å². The molecule has 0 aromatic heterocycles. The molecule has 2 saturated heterocycles. The molecule has 1 aromatic carbocycles. The molecule has 1 aromatic rings. The van der Waals surface area contributed by atoms with Crippen LogP contribution in [0.5, 0.6) is 11.5 Å². The van der Waals surface area contributed by atoms with Crippen molar-refractivity contribution >= 4 is 17.4 Å². The van der Waals surface area contributed by atoms with Gasteiger partial charge < -0.3 is 24.6 Å². The van der Waals surface area contributed by atoms with E-state index in [1.165, 1.54) is 7.11 Å². The molecule has 158 valence electrons. The van der Waals surface area contributed by atoms with Gasteiger partial charge in [-0.05, 0) is 30.9 Å². The minimum atomic E-state index is -1.06. The molecule has 8 heteroatoms. The number of aliphatic hydroxyl groups excluding tert-OH is 1. The van der Waals surface area contributed by atoms with Crippen molar-refractivity contribution in [2.75, 3.05) is 32.3 Å². The molecule has 4 fully saturated rings. The van der Waals surface area contributed by atoms with Gasteiger partial charge in [-0.3, -0.25) is 9.69 Å². The van der Waals surface area contributed by atoms with Gasteiger partial charge in [-0.2, -0.15) is 0 Å². The van der Waals surface area contributed by atoms with Crippen LogP contribution in [0.3, 0.4) is 0 Å². The van der Waals surface area contributed by atoms with E-state index in [1.807, 2.05) is 12.1 Å². The number of nitrogens with one attached hydrogen (secondary N) is 1. The lowest BCUT2D eigenvalue weighted by molar-refractivity contribution is -0.178. The summed E-state index contributed by atoms with van der Waals surface area (Å²) >= 11 is 0. The van der Waals surface area contributed by atoms with E-state index >= 15 is 0 Å². The van der Waals surface area contributed by atoms with Gasteiger partial charge in [-0.1, -0.05) is 6.07 Å². The Kier molecular flexibility index (Phi) is 2.96. The maximum atomic E-state index is 13.6. The monoisotopic (exact) mass is 412 g/mol. The van der Waals surface area contributed by atoms with E-state index in [4.69, 9.17) is 14.2 Å². The first-order chi connectivity index (χ1) is 14.5. The summed E-state index contributed by atoms with van der Waals surface area (Å²) in [4.78, 5) is 29.5. The first-order valence-corrected chi connectivity index (χ1v) is 10.7. The molecule has 6 aliphatic rings. The highest BCUT2D eigenvalue weighted by molar-refractivity contribution is 5.99. The number of carbonyl (C=O) groups is 2. The molecule has 2 N–H and O–H groups in total. The molecule has 4 aliphatic heterocycles. The van der Waals surface area contributed by atoms with Crippen LogP contribution in [-0.4, -0.2) is 66.4 Å². The standard InChI is InChI=1S/C22H24N2O6/c1-28-19(27)21-6-5-20-8-13(25)12-9-24(7-4-15(20)26)18(20)22(12,21)11-2-3-14-17(16(11)23-21)30-10-29-14/h2-3,12,15,18,23,26H,4-10H2,1H3/t12?,15-,18-,20+,21-,22+/m0/s1. The maximum Gasteiger partial charge on any atom is 0.332 e. The Balaban J connectivity index is 1.58. The van der Waals surface area contributed by atoms with E-state index in [1.54, 1.807) is 0 Å². The first-order valence-electron chi connectivity index (χ1n) is 10.7. The number of aliphatic hydroxyl groups is 1. The lowest BCUT2D eigenvalue weighted by Crippen LogP contribution is -2.78. The number of hydrogen-bond acceptors (Lipinski definition) is 8. The van der Waals surface area contributed by atoms with Crippen LogP contribution in [-0.2, 0) is 19.7 Å². The number of Topliss-reactive ketones (excluding diaryl/α,β-unsaturated/α-hetero) is 1. The average Bonchev–Trinajstić information content (AvgIpc) is 3.41.